The van der Waals surface area contributed by atoms with Crippen molar-refractivity contribution in [2.75, 3.05) is 33.1 Å². The van der Waals surface area contributed by atoms with Crippen molar-refractivity contribution < 1.29 is 19.1 Å². The Hall–Kier alpha value is -2.55. The Kier molecular flexibility index (Phi) is 10.9. The fourth-order valence-electron chi connectivity index (χ4n) is 4.24. The molecule has 2 amide bonds. The van der Waals surface area contributed by atoms with Crippen molar-refractivity contribution in [3.8, 4) is 5.75 Å². The van der Waals surface area contributed by atoms with Crippen LogP contribution in [0.25, 0.3) is 0 Å². The first-order valence-electron chi connectivity index (χ1n) is 12.1. The summed E-state index contributed by atoms with van der Waals surface area (Å²) in [6.45, 7) is 3.52. The molecule has 2 aromatic rings. The van der Waals surface area contributed by atoms with Gasteiger partial charge in [-0.2, -0.15) is 0 Å². The van der Waals surface area contributed by atoms with E-state index in [1.54, 1.807) is 30.9 Å². The van der Waals surface area contributed by atoms with Crippen molar-refractivity contribution in [2.45, 2.75) is 50.2 Å². The summed E-state index contributed by atoms with van der Waals surface area (Å²) >= 11 is 1.77. The van der Waals surface area contributed by atoms with Gasteiger partial charge in [0.05, 0.1) is 12.5 Å². The lowest BCUT2D eigenvalue weighted by Crippen LogP contribution is -2.59. The molecular weight excluding hydrogens is 462 g/mol. The minimum Gasteiger partial charge on any atom is -0.497 e. The molecule has 1 fully saturated rings. The third kappa shape index (κ3) is 8.26. The fourth-order valence-corrected chi connectivity index (χ4v) is 5.29. The summed E-state index contributed by atoms with van der Waals surface area (Å²) in [6.07, 6.45) is 1.60. The number of thioether (sulfide) groups is 1. The van der Waals surface area contributed by atoms with Crippen LogP contribution in [0.3, 0.4) is 0 Å². The van der Waals surface area contributed by atoms with Crippen LogP contribution in [0.2, 0.25) is 0 Å². The molecule has 3 unspecified atom stereocenters. The minimum absolute atomic E-state index is 0.0249. The summed E-state index contributed by atoms with van der Waals surface area (Å²) in [4.78, 5) is 28.8. The molecule has 1 heterocycles. The molecule has 3 rings (SSSR count). The van der Waals surface area contributed by atoms with Crippen LogP contribution in [-0.2, 0) is 27.3 Å². The summed E-state index contributed by atoms with van der Waals surface area (Å²) in [5.41, 5.74) is 2.09. The SMILES string of the molecule is COCCCN(C(=O)CCc1ccc(OC)cc1)C(C(=O)NCc1ccccc1)C1CSC(C)N1. The lowest BCUT2D eigenvalue weighted by molar-refractivity contribution is -0.141. The predicted octanol–water partition coefficient (Wildman–Crippen LogP) is 3.23. The number of methoxy groups -OCH3 is 2. The van der Waals surface area contributed by atoms with Crippen molar-refractivity contribution >= 4 is 23.6 Å². The Morgan fingerprint density at radius 3 is 2.49 bits per heavy atom. The number of nitrogens with zero attached hydrogens (tertiary/aromatic N) is 1. The van der Waals surface area contributed by atoms with Gasteiger partial charge >= 0.3 is 0 Å². The zero-order valence-corrected chi connectivity index (χ0v) is 21.7. The van der Waals surface area contributed by atoms with Gasteiger partial charge in [0.1, 0.15) is 11.8 Å². The van der Waals surface area contributed by atoms with Crippen LogP contribution < -0.4 is 15.4 Å². The maximum absolute atomic E-state index is 13.5. The zero-order chi connectivity index (χ0) is 25.0. The Bertz CT molecular complexity index is 926. The van der Waals surface area contributed by atoms with E-state index in [-0.39, 0.29) is 23.2 Å². The molecular formula is C27H37N3O4S. The van der Waals surface area contributed by atoms with Crippen molar-refractivity contribution in [1.29, 1.82) is 0 Å². The average Bonchev–Trinajstić information content (AvgIpc) is 3.31. The van der Waals surface area contributed by atoms with Crippen LogP contribution in [-0.4, -0.2) is 67.3 Å². The van der Waals surface area contributed by atoms with Gasteiger partial charge in [-0.1, -0.05) is 42.5 Å². The molecule has 0 saturated carbocycles. The van der Waals surface area contributed by atoms with Gasteiger partial charge in [-0.15, -0.1) is 11.8 Å². The Morgan fingerprint density at radius 2 is 1.86 bits per heavy atom. The number of carbonyl (C=O) groups is 2. The number of amides is 2. The van der Waals surface area contributed by atoms with E-state index in [1.165, 1.54) is 0 Å². The first-order chi connectivity index (χ1) is 17.0. The number of rotatable bonds is 13. The zero-order valence-electron chi connectivity index (χ0n) is 20.9. The number of ether oxygens (including phenoxy) is 2. The van der Waals surface area contributed by atoms with Gasteiger partial charge in [0, 0.05) is 45.0 Å². The fraction of sp³-hybridized carbons (Fsp3) is 0.481. The average molecular weight is 500 g/mol. The van der Waals surface area contributed by atoms with Gasteiger partial charge in [0.15, 0.2) is 0 Å². The summed E-state index contributed by atoms with van der Waals surface area (Å²) in [5, 5.41) is 6.82. The third-order valence-corrected chi connectivity index (χ3v) is 7.31. The van der Waals surface area contributed by atoms with E-state index in [1.807, 2.05) is 54.6 Å². The molecule has 7 nitrogen and oxygen atoms in total. The van der Waals surface area contributed by atoms with Gasteiger partial charge in [-0.3, -0.25) is 14.9 Å². The number of nitrogens with one attached hydrogen (secondary N) is 2. The lowest BCUT2D eigenvalue weighted by Gasteiger charge is -2.35. The highest BCUT2D eigenvalue weighted by Gasteiger charge is 2.39. The maximum Gasteiger partial charge on any atom is 0.244 e. The summed E-state index contributed by atoms with van der Waals surface area (Å²) in [5.74, 6) is 1.41. The monoisotopic (exact) mass is 499 g/mol. The second-order valence-electron chi connectivity index (χ2n) is 8.68. The van der Waals surface area contributed by atoms with E-state index in [0.717, 1.165) is 22.6 Å². The smallest absolute Gasteiger partial charge is 0.244 e. The number of hydrogen-bond donors (Lipinski definition) is 2. The number of hydrogen-bond acceptors (Lipinski definition) is 6. The van der Waals surface area contributed by atoms with Crippen molar-refractivity contribution in [1.82, 2.24) is 15.5 Å². The van der Waals surface area contributed by atoms with E-state index >= 15 is 0 Å². The van der Waals surface area contributed by atoms with Gasteiger partial charge in [-0.25, -0.2) is 0 Å². The van der Waals surface area contributed by atoms with Crippen molar-refractivity contribution in [2.24, 2.45) is 0 Å². The van der Waals surface area contributed by atoms with Gasteiger partial charge in [0.2, 0.25) is 11.8 Å². The number of carbonyl (C=O) groups excluding carboxylic acids is 2. The van der Waals surface area contributed by atoms with Gasteiger partial charge in [-0.05, 0) is 43.0 Å². The highest BCUT2D eigenvalue weighted by molar-refractivity contribution is 8.00. The van der Waals surface area contributed by atoms with Crippen molar-refractivity contribution in [3.05, 3.63) is 65.7 Å². The maximum atomic E-state index is 13.5. The Balaban J connectivity index is 1.75. The van der Waals surface area contributed by atoms with E-state index in [0.29, 0.717) is 39.0 Å². The molecule has 1 aliphatic rings. The molecule has 1 aliphatic heterocycles. The van der Waals surface area contributed by atoms with E-state index in [4.69, 9.17) is 9.47 Å². The van der Waals surface area contributed by atoms with Crippen LogP contribution >= 0.6 is 11.8 Å². The van der Waals surface area contributed by atoms with Crippen LogP contribution in [0, 0.1) is 0 Å². The highest BCUT2D eigenvalue weighted by Crippen LogP contribution is 2.24. The molecule has 8 heteroatoms. The molecule has 3 atom stereocenters. The molecule has 0 aromatic heterocycles. The quantitative estimate of drug-likeness (QED) is 0.412. The first kappa shape index (κ1) is 27.0. The second kappa shape index (κ2) is 14.1. The molecule has 0 bridgehead atoms. The number of aryl methyl sites for hydroxylation is 1. The lowest BCUT2D eigenvalue weighted by atomic mass is 10.0. The van der Waals surface area contributed by atoms with Crippen molar-refractivity contribution in [3.63, 3.8) is 0 Å². The highest BCUT2D eigenvalue weighted by atomic mass is 32.2. The Labute approximate surface area is 212 Å². The predicted molar refractivity (Wildman–Crippen MR) is 140 cm³/mol. The van der Waals surface area contributed by atoms with Gasteiger partial charge < -0.3 is 19.7 Å². The van der Waals surface area contributed by atoms with Crippen LogP contribution in [0.15, 0.2) is 54.6 Å². The molecule has 0 radical (unpaired) electrons. The summed E-state index contributed by atoms with van der Waals surface area (Å²) < 4.78 is 10.5. The largest absolute Gasteiger partial charge is 0.497 e. The number of benzene rings is 2. The van der Waals surface area contributed by atoms with Crippen LogP contribution in [0.5, 0.6) is 5.75 Å². The molecule has 0 spiro atoms. The molecule has 0 aliphatic carbocycles. The molecule has 35 heavy (non-hydrogen) atoms. The summed E-state index contributed by atoms with van der Waals surface area (Å²) in [7, 11) is 3.28. The second-order valence-corrected chi connectivity index (χ2v) is 10.1. The molecule has 190 valence electrons. The normalized spacial score (nSPS) is 18.1. The molecule has 1 saturated heterocycles. The van der Waals surface area contributed by atoms with E-state index in [9.17, 15) is 9.59 Å². The summed E-state index contributed by atoms with van der Waals surface area (Å²) in [6, 6.07) is 16.9. The topological polar surface area (TPSA) is 79.9 Å². The van der Waals surface area contributed by atoms with Crippen LogP contribution in [0.1, 0.15) is 30.9 Å². The third-order valence-electron chi connectivity index (χ3n) is 6.12. The van der Waals surface area contributed by atoms with Crippen LogP contribution in [0.4, 0.5) is 0 Å². The molecule has 2 aromatic carbocycles. The van der Waals surface area contributed by atoms with E-state index in [2.05, 4.69) is 17.6 Å². The minimum atomic E-state index is -0.587. The van der Waals surface area contributed by atoms with Gasteiger partial charge in [0.25, 0.3) is 0 Å². The standard InChI is InChI=1S/C27H37N3O4S/c1-20-29-24(19-35-20)26(27(32)28-18-22-8-5-4-6-9-22)30(16-7-17-33-2)25(31)15-12-21-10-13-23(34-3)14-11-21/h4-6,8-11,13-14,20,24,26,29H,7,12,15-19H2,1-3H3,(H,28,32). The van der Waals surface area contributed by atoms with E-state index < -0.39 is 6.04 Å². The Morgan fingerprint density at radius 1 is 1.11 bits per heavy atom. The molecule has 2 N–H and O–H groups in total. The first-order valence-corrected chi connectivity index (χ1v) is 13.2.